The summed E-state index contributed by atoms with van der Waals surface area (Å²) in [7, 11) is -3.45. The maximum atomic E-state index is 12.5. The summed E-state index contributed by atoms with van der Waals surface area (Å²) in [5.74, 6) is 0.0254. The molecule has 0 atom stereocenters. The lowest BCUT2D eigenvalue weighted by atomic mass is 10.0. The molecule has 0 aliphatic carbocycles. The van der Waals surface area contributed by atoms with Crippen LogP contribution < -0.4 is 21.1 Å². The predicted molar refractivity (Wildman–Crippen MR) is 169 cm³/mol. The third-order valence-electron chi connectivity index (χ3n) is 6.83. The minimum atomic E-state index is -3.45. The zero-order chi connectivity index (χ0) is 29.5. The molecule has 0 spiro atoms. The van der Waals surface area contributed by atoms with Crippen LogP contribution in [0.25, 0.3) is 32.8 Å². The van der Waals surface area contributed by atoms with Gasteiger partial charge >= 0.3 is 0 Å². The van der Waals surface area contributed by atoms with Crippen molar-refractivity contribution in [2.45, 2.75) is 13.0 Å². The van der Waals surface area contributed by atoms with E-state index >= 15 is 0 Å². The molecular weight excluding hydrogens is 572 g/mol. The number of pyridine rings is 2. The van der Waals surface area contributed by atoms with Crippen LogP contribution in [0.5, 0.6) is 0 Å². The van der Waals surface area contributed by atoms with Crippen LogP contribution in [0, 0.1) is 0 Å². The predicted octanol–water partition coefficient (Wildman–Crippen LogP) is 4.71. The van der Waals surface area contributed by atoms with Crippen molar-refractivity contribution in [3.8, 4) is 11.1 Å². The van der Waals surface area contributed by atoms with Gasteiger partial charge in [-0.25, -0.2) is 18.1 Å². The molecule has 0 bridgehead atoms. The molecule has 1 amide bonds. The molecule has 0 saturated heterocycles. The molecule has 5 rings (SSSR count). The third-order valence-corrected chi connectivity index (χ3v) is 8.62. The molecule has 216 valence electrons. The maximum Gasteiger partial charge on any atom is 0.248 e. The van der Waals surface area contributed by atoms with Crippen molar-refractivity contribution in [2.24, 2.45) is 5.73 Å². The van der Waals surface area contributed by atoms with Gasteiger partial charge in [0.05, 0.1) is 11.3 Å². The van der Waals surface area contributed by atoms with Gasteiger partial charge in [0.1, 0.15) is 5.82 Å². The lowest BCUT2D eigenvalue weighted by Gasteiger charge is -2.12. The van der Waals surface area contributed by atoms with E-state index in [4.69, 9.17) is 17.3 Å². The SMILES string of the molecule is NC(=O)c1ccc2c(c1)nc(NCCCS(=O)(=O)NCCNCc1ccc(-c3ccccc3)c(Cl)c1)c1ccncc12. The van der Waals surface area contributed by atoms with Crippen molar-refractivity contribution in [2.75, 3.05) is 30.7 Å². The summed E-state index contributed by atoms with van der Waals surface area (Å²) < 4.78 is 27.7. The van der Waals surface area contributed by atoms with Gasteiger partial charge in [-0.15, -0.1) is 0 Å². The number of hydrogen-bond donors (Lipinski definition) is 4. The van der Waals surface area contributed by atoms with E-state index in [0.717, 1.165) is 32.8 Å². The largest absolute Gasteiger partial charge is 0.370 e. The number of hydrogen-bond acceptors (Lipinski definition) is 7. The molecule has 2 heterocycles. The Labute approximate surface area is 249 Å². The van der Waals surface area contributed by atoms with E-state index in [-0.39, 0.29) is 12.3 Å². The van der Waals surface area contributed by atoms with E-state index < -0.39 is 15.9 Å². The first-order valence-corrected chi connectivity index (χ1v) is 15.6. The van der Waals surface area contributed by atoms with Crippen molar-refractivity contribution in [1.82, 2.24) is 20.0 Å². The zero-order valence-electron chi connectivity index (χ0n) is 22.8. The number of sulfonamides is 1. The third kappa shape index (κ3) is 7.21. The van der Waals surface area contributed by atoms with Crippen LogP contribution in [0.3, 0.4) is 0 Å². The first kappa shape index (κ1) is 29.4. The molecule has 0 aliphatic rings. The molecule has 3 aromatic carbocycles. The molecule has 11 heteroatoms. The number of fused-ring (bicyclic) bond motifs is 3. The number of carbonyl (C=O) groups is 1. The van der Waals surface area contributed by atoms with E-state index in [0.29, 0.717) is 48.0 Å². The summed E-state index contributed by atoms with van der Waals surface area (Å²) in [6.45, 7) is 1.72. The summed E-state index contributed by atoms with van der Waals surface area (Å²) in [5.41, 5.74) is 9.45. The van der Waals surface area contributed by atoms with E-state index in [1.165, 1.54) is 0 Å². The molecule has 5 N–H and O–H groups in total. The quantitative estimate of drug-likeness (QED) is 0.113. The van der Waals surface area contributed by atoms with Gasteiger partial charge in [0, 0.05) is 70.9 Å². The molecule has 0 fully saturated rings. The van der Waals surface area contributed by atoms with Gasteiger partial charge in [-0.2, -0.15) is 0 Å². The molecule has 0 aliphatic heterocycles. The number of amides is 1. The molecule has 0 radical (unpaired) electrons. The highest BCUT2D eigenvalue weighted by molar-refractivity contribution is 7.89. The Kier molecular flexibility index (Phi) is 9.28. The summed E-state index contributed by atoms with van der Waals surface area (Å²) >= 11 is 6.49. The molecule has 0 unspecified atom stereocenters. The fraction of sp³-hybridized carbons (Fsp3) is 0.194. The number of benzene rings is 3. The van der Waals surface area contributed by atoms with Crippen LogP contribution in [0.15, 0.2) is 85.2 Å². The van der Waals surface area contributed by atoms with Gasteiger partial charge < -0.3 is 16.4 Å². The number of halogens is 1. The monoisotopic (exact) mass is 602 g/mol. The average Bonchev–Trinajstić information content (AvgIpc) is 2.99. The Morgan fingerprint density at radius 3 is 2.52 bits per heavy atom. The minimum absolute atomic E-state index is 0.0323. The number of nitrogens with two attached hydrogens (primary N) is 1. The minimum Gasteiger partial charge on any atom is -0.370 e. The Balaban J connectivity index is 1.09. The van der Waals surface area contributed by atoms with Crippen molar-refractivity contribution in [3.63, 3.8) is 0 Å². The van der Waals surface area contributed by atoms with Crippen LogP contribution >= 0.6 is 11.6 Å². The zero-order valence-corrected chi connectivity index (χ0v) is 24.4. The summed E-state index contributed by atoms with van der Waals surface area (Å²) in [6, 6.07) is 22.9. The van der Waals surface area contributed by atoms with Crippen LogP contribution in [-0.4, -0.2) is 49.7 Å². The van der Waals surface area contributed by atoms with Crippen molar-refractivity contribution in [1.29, 1.82) is 0 Å². The van der Waals surface area contributed by atoms with E-state index in [2.05, 4.69) is 25.3 Å². The average molecular weight is 603 g/mol. The number of rotatable bonds is 13. The van der Waals surface area contributed by atoms with Crippen LogP contribution in [0.2, 0.25) is 5.02 Å². The molecule has 5 aromatic rings. The van der Waals surface area contributed by atoms with Crippen molar-refractivity contribution >= 4 is 55.0 Å². The standard InChI is InChI=1S/C31H31ClN6O3S/c32-28-17-21(7-9-24(28)22-5-2-1-3-6-22)19-35-14-15-37-42(40,41)16-4-12-36-31-26-11-13-34-20-27(26)25-10-8-23(30(33)39)18-29(25)38-31/h1-3,5-11,13,17-18,20,35,37H,4,12,14-16,19H2,(H2,33,39)(H,36,38). The van der Waals surface area contributed by atoms with Gasteiger partial charge in [0.25, 0.3) is 0 Å². The van der Waals surface area contributed by atoms with Gasteiger partial charge in [-0.05, 0) is 41.8 Å². The Hall–Kier alpha value is -4.09. The molecule has 9 nitrogen and oxygen atoms in total. The Bertz CT molecular complexity index is 1830. The smallest absolute Gasteiger partial charge is 0.248 e. The lowest BCUT2D eigenvalue weighted by Crippen LogP contribution is -2.33. The van der Waals surface area contributed by atoms with E-state index in [9.17, 15) is 13.2 Å². The molecule has 42 heavy (non-hydrogen) atoms. The highest BCUT2D eigenvalue weighted by Gasteiger charge is 2.13. The van der Waals surface area contributed by atoms with Gasteiger partial charge in [-0.1, -0.05) is 60.1 Å². The number of primary amides is 1. The van der Waals surface area contributed by atoms with Crippen LogP contribution in [0.4, 0.5) is 5.82 Å². The molecule has 0 saturated carbocycles. The van der Waals surface area contributed by atoms with Gasteiger partial charge in [-0.3, -0.25) is 9.78 Å². The summed E-state index contributed by atoms with van der Waals surface area (Å²) in [4.78, 5) is 20.5. The highest BCUT2D eigenvalue weighted by Crippen LogP contribution is 2.30. The fourth-order valence-electron chi connectivity index (χ4n) is 4.73. The van der Waals surface area contributed by atoms with Crippen LogP contribution in [-0.2, 0) is 16.6 Å². The number of carbonyl (C=O) groups excluding carboxylic acids is 1. The number of anilines is 1. The second kappa shape index (κ2) is 13.3. The highest BCUT2D eigenvalue weighted by atomic mass is 35.5. The van der Waals surface area contributed by atoms with Gasteiger partial charge in [0.2, 0.25) is 15.9 Å². The summed E-state index contributed by atoms with van der Waals surface area (Å²) in [5, 5.41) is 9.75. The first-order chi connectivity index (χ1) is 20.3. The van der Waals surface area contributed by atoms with E-state index in [1.54, 1.807) is 30.6 Å². The van der Waals surface area contributed by atoms with Crippen LogP contribution in [0.1, 0.15) is 22.3 Å². The van der Waals surface area contributed by atoms with E-state index in [1.807, 2.05) is 54.6 Å². The Morgan fingerprint density at radius 1 is 0.905 bits per heavy atom. The second-order valence-electron chi connectivity index (χ2n) is 9.83. The number of nitrogens with one attached hydrogen (secondary N) is 3. The molecule has 2 aromatic heterocycles. The van der Waals surface area contributed by atoms with Gasteiger partial charge in [0.15, 0.2) is 0 Å². The second-order valence-corrected chi connectivity index (χ2v) is 12.2. The topological polar surface area (TPSA) is 139 Å². The first-order valence-electron chi connectivity index (χ1n) is 13.5. The molecular formula is C31H31ClN6O3S. The lowest BCUT2D eigenvalue weighted by molar-refractivity contribution is 0.100. The fourth-order valence-corrected chi connectivity index (χ4v) is 6.12. The van der Waals surface area contributed by atoms with Crippen molar-refractivity contribution in [3.05, 3.63) is 101 Å². The number of aromatic nitrogens is 2. The van der Waals surface area contributed by atoms with Crippen molar-refractivity contribution < 1.29 is 13.2 Å². The summed E-state index contributed by atoms with van der Waals surface area (Å²) in [6.07, 6.45) is 3.80. The maximum absolute atomic E-state index is 12.5. The number of nitrogens with zero attached hydrogens (tertiary/aromatic N) is 2. The Morgan fingerprint density at radius 2 is 1.74 bits per heavy atom. The normalized spacial score (nSPS) is 11.6.